The minimum atomic E-state index is -0.599. The van der Waals surface area contributed by atoms with Gasteiger partial charge in [0.2, 0.25) is 0 Å². The zero-order valence-electron chi connectivity index (χ0n) is 11.8. The van der Waals surface area contributed by atoms with Gasteiger partial charge in [-0.2, -0.15) is 0 Å². The van der Waals surface area contributed by atoms with E-state index in [-0.39, 0.29) is 5.56 Å². The molecular formula is C15H16ClNO3. The molecule has 5 heteroatoms. The number of fused-ring (bicyclic) bond motifs is 1. The van der Waals surface area contributed by atoms with Gasteiger partial charge in [-0.25, -0.2) is 4.79 Å². The molecule has 106 valence electrons. The Bertz CT molecular complexity index is 741. The van der Waals surface area contributed by atoms with E-state index in [1.165, 1.54) is 0 Å². The molecule has 0 saturated heterocycles. The fourth-order valence-electron chi connectivity index (χ4n) is 2.02. The van der Waals surface area contributed by atoms with Crippen molar-refractivity contribution >= 4 is 28.3 Å². The summed E-state index contributed by atoms with van der Waals surface area (Å²) < 4.78 is 5.39. The standard InChI is InChI=1S/C15H16ClNO3/c1-8-12(14(19)20-15(2,3)4)10-6-5-9(16)7-11(10)13(18)17-8/h5-7H,1-4H3,(H,17,18). The summed E-state index contributed by atoms with van der Waals surface area (Å²) in [6.07, 6.45) is 0. The molecule has 0 saturated carbocycles. The van der Waals surface area contributed by atoms with Gasteiger partial charge in [-0.3, -0.25) is 4.79 Å². The third kappa shape index (κ3) is 2.85. The van der Waals surface area contributed by atoms with Crippen molar-refractivity contribution in [2.75, 3.05) is 0 Å². The van der Waals surface area contributed by atoms with Gasteiger partial charge in [0, 0.05) is 21.5 Å². The Labute approximate surface area is 121 Å². The first kappa shape index (κ1) is 14.6. The van der Waals surface area contributed by atoms with Gasteiger partial charge in [0.1, 0.15) is 5.60 Å². The molecule has 0 spiro atoms. The van der Waals surface area contributed by atoms with E-state index >= 15 is 0 Å². The molecule has 1 heterocycles. The summed E-state index contributed by atoms with van der Waals surface area (Å²) in [6.45, 7) is 7.07. The number of hydrogen-bond acceptors (Lipinski definition) is 3. The molecular weight excluding hydrogens is 278 g/mol. The molecule has 0 aliphatic heterocycles. The minimum absolute atomic E-state index is 0.271. The van der Waals surface area contributed by atoms with Crippen LogP contribution >= 0.6 is 11.6 Å². The van der Waals surface area contributed by atoms with Crippen LogP contribution in [0.25, 0.3) is 10.8 Å². The van der Waals surface area contributed by atoms with Crippen LogP contribution in [0.4, 0.5) is 0 Å². The molecule has 4 nitrogen and oxygen atoms in total. The van der Waals surface area contributed by atoms with E-state index in [4.69, 9.17) is 16.3 Å². The second-order valence-corrected chi connectivity index (χ2v) is 6.08. The third-order valence-corrected chi connectivity index (χ3v) is 3.01. The first-order chi connectivity index (χ1) is 9.19. The van der Waals surface area contributed by atoms with Crippen LogP contribution in [0.15, 0.2) is 23.0 Å². The van der Waals surface area contributed by atoms with Crippen LogP contribution in [0.1, 0.15) is 36.8 Å². The number of H-pyrrole nitrogens is 1. The van der Waals surface area contributed by atoms with Crippen molar-refractivity contribution in [3.63, 3.8) is 0 Å². The molecule has 1 aromatic carbocycles. The van der Waals surface area contributed by atoms with Crippen LogP contribution in [0.3, 0.4) is 0 Å². The lowest BCUT2D eigenvalue weighted by Gasteiger charge is -2.20. The summed E-state index contributed by atoms with van der Waals surface area (Å²) in [7, 11) is 0. The van der Waals surface area contributed by atoms with Crippen molar-refractivity contribution in [3.05, 3.63) is 44.8 Å². The van der Waals surface area contributed by atoms with E-state index in [0.29, 0.717) is 27.1 Å². The largest absolute Gasteiger partial charge is 0.456 e. The maximum atomic E-state index is 12.3. The highest BCUT2D eigenvalue weighted by Crippen LogP contribution is 2.23. The SMILES string of the molecule is Cc1[nH]c(=O)c2cc(Cl)ccc2c1C(=O)OC(C)(C)C. The maximum Gasteiger partial charge on any atom is 0.341 e. The Morgan fingerprint density at radius 3 is 2.50 bits per heavy atom. The van der Waals surface area contributed by atoms with E-state index < -0.39 is 11.6 Å². The molecule has 0 fully saturated rings. The molecule has 2 rings (SSSR count). The molecule has 0 atom stereocenters. The monoisotopic (exact) mass is 293 g/mol. The lowest BCUT2D eigenvalue weighted by atomic mass is 10.0. The molecule has 20 heavy (non-hydrogen) atoms. The number of carbonyl (C=O) groups excluding carboxylic acids is 1. The van der Waals surface area contributed by atoms with Crippen LogP contribution in [0.2, 0.25) is 5.02 Å². The Kier molecular flexibility index (Phi) is 3.61. The smallest absolute Gasteiger partial charge is 0.341 e. The summed E-state index contributed by atoms with van der Waals surface area (Å²) in [6, 6.07) is 4.86. The lowest BCUT2D eigenvalue weighted by Crippen LogP contribution is -2.25. The molecule has 0 aliphatic carbocycles. The van der Waals surface area contributed by atoms with Crippen LogP contribution in [-0.2, 0) is 4.74 Å². The van der Waals surface area contributed by atoms with Gasteiger partial charge in [-0.1, -0.05) is 17.7 Å². The number of esters is 1. The van der Waals surface area contributed by atoms with Gasteiger partial charge in [-0.15, -0.1) is 0 Å². The quantitative estimate of drug-likeness (QED) is 0.819. The normalized spacial score (nSPS) is 11.7. The second kappa shape index (κ2) is 4.94. The summed E-state index contributed by atoms with van der Waals surface area (Å²) in [5.74, 6) is -0.460. The average Bonchev–Trinajstić information content (AvgIpc) is 2.27. The fraction of sp³-hybridized carbons (Fsp3) is 0.333. The predicted molar refractivity (Wildman–Crippen MR) is 79.5 cm³/mol. The molecule has 1 N–H and O–H groups in total. The molecule has 1 aromatic heterocycles. The van der Waals surface area contributed by atoms with E-state index in [1.807, 2.05) is 0 Å². The van der Waals surface area contributed by atoms with Gasteiger partial charge >= 0.3 is 5.97 Å². The first-order valence-corrected chi connectivity index (χ1v) is 6.62. The van der Waals surface area contributed by atoms with Gasteiger partial charge in [0.05, 0.1) is 5.56 Å². The molecule has 0 aliphatic rings. The van der Waals surface area contributed by atoms with Crippen molar-refractivity contribution in [1.82, 2.24) is 4.98 Å². The summed E-state index contributed by atoms with van der Waals surface area (Å²) in [5.41, 5.74) is -0.0177. The fourth-order valence-corrected chi connectivity index (χ4v) is 2.19. The molecule has 2 aromatic rings. The van der Waals surface area contributed by atoms with Crippen LogP contribution in [-0.4, -0.2) is 16.6 Å². The van der Waals surface area contributed by atoms with Crippen molar-refractivity contribution in [2.45, 2.75) is 33.3 Å². The number of nitrogens with one attached hydrogen (secondary N) is 1. The van der Waals surface area contributed by atoms with Crippen molar-refractivity contribution in [3.8, 4) is 0 Å². The molecule has 0 unspecified atom stereocenters. The predicted octanol–water partition coefficient (Wildman–Crippen LogP) is 3.45. The Hall–Kier alpha value is -1.81. The Morgan fingerprint density at radius 2 is 1.90 bits per heavy atom. The van der Waals surface area contributed by atoms with Gasteiger partial charge in [-0.05, 0) is 39.8 Å². The first-order valence-electron chi connectivity index (χ1n) is 6.24. The minimum Gasteiger partial charge on any atom is -0.456 e. The molecule has 0 amide bonds. The van der Waals surface area contributed by atoms with E-state index in [1.54, 1.807) is 45.9 Å². The van der Waals surface area contributed by atoms with E-state index in [0.717, 1.165) is 0 Å². The Morgan fingerprint density at radius 1 is 1.25 bits per heavy atom. The maximum absolute atomic E-state index is 12.3. The summed E-state index contributed by atoms with van der Waals surface area (Å²) >= 11 is 5.90. The van der Waals surface area contributed by atoms with Crippen molar-refractivity contribution in [1.29, 1.82) is 0 Å². The average molecular weight is 294 g/mol. The number of aromatic nitrogens is 1. The lowest BCUT2D eigenvalue weighted by molar-refractivity contribution is 0.00706. The number of carbonyl (C=O) groups is 1. The topological polar surface area (TPSA) is 59.2 Å². The van der Waals surface area contributed by atoms with Gasteiger partial charge in [0.25, 0.3) is 5.56 Å². The van der Waals surface area contributed by atoms with Gasteiger partial charge in [0.15, 0.2) is 0 Å². The highest BCUT2D eigenvalue weighted by molar-refractivity contribution is 6.31. The van der Waals surface area contributed by atoms with Gasteiger partial charge < -0.3 is 9.72 Å². The van der Waals surface area contributed by atoms with Crippen molar-refractivity contribution < 1.29 is 9.53 Å². The summed E-state index contributed by atoms with van der Waals surface area (Å²) in [5, 5.41) is 1.37. The number of pyridine rings is 1. The Balaban J connectivity index is 2.70. The number of ether oxygens (including phenoxy) is 1. The number of aryl methyl sites for hydroxylation is 1. The molecule has 0 radical (unpaired) electrons. The van der Waals surface area contributed by atoms with Crippen LogP contribution < -0.4 is 5.56 Å². The van der Waals surface area contributed by atoms with Crippen molar-refractivity contribution in [2.24, 2.45) is 0 Å². The highest BCUT2D eigenvalue weighted by Gasteiger charge is 2.22. The number of hydrogen-bond donors (Lipinski definition) is 1. The summed E-state index contributed by atoms with van der Waals surface area (Å²) in [4.78, 5) is 26.9. The van der Waals surface area contributed by atoms with E-state index in [2.05, 4.69) is 4.98 Å². The van der Waals surface area contributed by atoms with E-state index in [9.17, 15) is 9.59 Å². The third-order valence-electron chi connectivity index (χ3n) is 2.77. The second-order valence-electron chi connectivity index (χ2n) is 5.65. The number of rotatable bonds is 1. The number of aromatic amines is 1. The zero-order chi connectivity index (χ0) is 15.1. The zero-order valence-corrected chi connectivity index (χ0v) is 12.6. The number of halogens is 1. The highest BCUT2D eigenvalue weighted by atomic mass is 35.5. The van der Waals surface area contributed by atoms with Crippen LogP contribution in [0, 0.1) is 6.92 Å². The van der Waals surface area contributed by atoms with Crippen LogP contribution in [0.5, 0.6) is 0 Å². The molecule has 0 bridgehead atoms. The number of benzene rings is 1.